The first-order chi connectivity index (χ1) is 23.2. The van der Waals surface area contributed by atoms with Crippen molar-refractivity contribution in [1.82, 2.24) is 0 Å². The summed E-state index contributed by atoms with van der Waals surface area (Å²) in [5, 5.41) is 0. The molecule has 0 nitrogen and oxygen atoms in total. The summed E-state index contributed by atoms with van der Waals surface area (Å²) in [6.45, 7) is 30.2. The molecule has 0 N–H and O–H groups in total. The van der Waals surface area contributed by atoms with E-state index in [1.54, 1.807) is 0 Å². The third-order valence-corrected chi connectivity index (χ3v) is 64.1. The molecular weight excluding hydrogens is 743 g/mol. The summed E-state index contributed by atoms with van der Waals surface area (Å²) in [6.07, 6.45) is 4.95. The van der Waals surface area contributed by atoms with Gasteiger partial charge in [-0.2, -0.15) is 0 Å². The second-order valence-corrected chi connectivity index (χ2v) is 60.6. The Morgan fingerprint density at radius 3 is 1.66 bits per heavy atom. The number of aryl methyl sites for hydroxylation is 1. The zero-order valence-corrected chi connectivity index (χ0v) is 37.8. The monoisotopic (exact) mass is 797 g/mol. The van der Waals surface area contributed by atoms with Crippen molar-refractivity contribution in [3.05, 3.63) is 128 Å². The molecule has 4 aromatic rings. The number of allylic oxidation sites excluding steroid dienone is 2. The maximum atomic E-state index is 8.75. The van der Waals surface area contributed by atoms with Gasteiger partial charge in [-0.3, -0.25) is 0 Å². The molecule has 0 heterocycles. The molecule has 0 aliphatic heterocycles. The third kappa shape index (κ3) is 6.07. The predicted octanol–water partition coefficient (Wildman–Crippen LogP) is 14.5. The summed E-state index contributed by atoms with van der Waals surface area (Å²) in [4.78, 5) is 0. The number of rotatable bonds is 6. The van der Waals surface area contributed by atoms with Gasteiger partial charge in [-0.15, -0.1) is 0 Å². The SMILES string of the molecule is CC1=Cc2c(-c3ccc(C(C)(C)C)cc3)cc(C)c(C)c2[CH]1[Zr]([Cl])([Cl])([CH]1C(C(C)C)=Cc2c(-c3ccc(C(C)(C)C)cc3)cccc21)[SiH](C)C. The molecule has 263 valence electrons. The fraction of sp³-hybridized carbons (Fsp3) is 0.391. The minimum absolute atomic E-state index is 0.0711. The van der Waals surface area contributed by atoms with Crippen LogP contribution in [0, 0.1) is 19.8 Å². The van der Waals surface area contributed by atoms with E-state index in [1.807, 2.05) is 0 Å². The van der Waals surface area contributed by atoms with Gasteiger partial charge in [0.15, 0.2) is 0 Å². The van der Waals surface area contributed by atoms with Gasteiger partial charge in [0.05, 0.1) is 0 Å². The van der Waals surface area contributed by atoms with E-state index >= 15 is 0 Å². The van der Waals surface area contributed by atoms with Crippen molar-refractivity contribution in [2.24, 2.45) is 5.92 Å². The predicted molar refractivity (Wildman–Crippen MR) is 223 cm³/mol. The van der Waals surface area contributed by atoms with E-state index in [-0.39, 0.29) is 18.1 Å². The van der Waals surface area contributed by atoms with Crippen LogP contribution in [0.25, 0.3) is 34.4 Å². The van der Waals surface area contributed by atoms with Crippen molar-refractivity contribution in [2.45, 2.75) is 107 Å². The van der Waals surface area contributed by atoms with Crippen LogP contribution in [0.4, 0.5) is 0 Å². The Kier molecular flexibility index (Phi) is 9.72. The van der Waals surface area contributed by atoms with E-state index in [9.17, 15) is 0 Å². The van der Waals surface area contributed by atoms with Crippen LogP contribution in [0.15, 0.2) is 83.9 Å². The van der Waals surface area contributed by atoms with Crippen molar-refractivity contribution in [3.63, 3.8) is 0 Å². The van der Waals surface area contributed by atoms with Gasteiger partial charge >= 0.3 is 315 Å². The summed E-state index contributed by atoms with van der Waals surface area (Å²) in [5.74, 6) is -1.33. The molecule has 0 spiro atoms. The van der Waals surface area contributed by atoms with Crippen LogP contribution in [-0.4, -0.2) is 5.92 Å². The Hall–Kier alpha value is -1.96. The van der Waals surface area contributed by atoms with Crippen molar-refractivity contribution in [3.8, 4) is 22.3 Å². The van der Waals surface area contributed by atoms with Crippen LogP contribution in [0.5, 0.6) is 0 Å². The fourth-order valence-electron chi connectivity index (χ4n) is 8.90. The first-order valence-corrected chi connectivity index (χ1v) is 34.9. The number of hydrogen-bond acceptors (Lipinski definition) is 0. The molecule has 2 aliphatic rings. The fourth-order valence-corrected chi connectivity index (χ4v) is 41.1. The Morgan fingerprint density at radius 1 is 0.660 bits per heavy atom. The topological polar surface area (TPSA) is 0 Å². The molecule has 6 rings (SSSR count). The van der Waals surface area contributed by atoms with Crippen LogP contribution in [0.3, 0.4) is 0 Å². The van der Waals surface area contributed by atoms with Gasteiger partial charge in [-0.1, -0.05) is 0 Å². The first kappa shape index (κ1) is 37.8. The number of halogens is 2. The average Bonchev–Trinajstić information content (AvgIpc) is 3.62. The Balaban J connectivity index is 1.56. The van der Waals surface area contributed by atoms with Crippen LogP contribution >= 0.6 is 17.0 Å². The van der Waals surface area contributed by atoms with Gasteiger partial charge in [0.25, 0.3) is 0 Å². The molecule has 2 aliphatic carbocycles. The quantitative estimate of drug-likeness (QED) is 0.170. The standard InChI is InChI=1S/2C22H25.C2H7Si.2ClH.Zr/c1-14-11-19-16(3)15(2)13-20(21(19)12-14)17-7-9-18(10-8-17)22(4,5)6;1-15(2)18-13-17-7-6-8-20(21(17)14-18)16-9-11-19(12-10-16)22(3,4)5;1-3-2;;;/h7-13H,1-6H3;6-15H,1-5H3;3H,1-2H3;2*1H;/q;;;;;+2/p-2. The minimum atomic E-state index is -4.89. The molecule has 4 aromatic carbocycles. The summed E-state index contributed by atoms with van der Waals surface area (Å²) < 4.78 is 0.144. The molecule has 2 atom stereocenters. The molecule has 50 heavy (non-hydrogen) atoms. The van der Waals surface area contributed by atoms with E-state index in [4.69, 9.17) is 17.0 Å². The van der Waals surface area contributed by atoms with Gasteiger partial charge in [0.1, 0.15) is 0 Å². The summed E-state index contributed by atoms with van der Waals surface area (Å²) in [7, 11) is 17.5. The van der Waals surface area contributed by atoms with Gasteiger partial charge < -0.3 is 0 Å². The van der Waals surface area contributed by atoms with Gasteiger partial charge in [-0.05, 0) is 0 Å². The second-order valence-electron chi connectivity index (χ2n) is 18.1. The maximum absolute atomic E-state index is 8.75. The summed E-state index contributed by atoms with van der Waals surface area (Å²) >= 11 is -4.89. The van der Waals surface area contributed by atoms with Crippen molar-refractivity contribution < 1.29 is 15.6 Å². The van der Waals surface area contributed by atoms with Crippen molar-refractivity contribution in [2.75, 3.05) is 0 Å². The van der Waals surface area contributed by atoms with Crippen molar-refractivity contribution >= 4 is 35.1 Å². The van der Waals surface area contributed by atoms with E-state index < -0.39 is 21.5 Å². The zero-order valence-electron chi connectivity index (χ0n) is 32.6. The van der Waals surface area contributed by atoms with Crippen molar-refractivity contribution in [1.29, 1.82) is 0 Å². The van der Waals surface area contributed by atoms with Crippen LogP contribution in [0.1, 0.15) is 114 Å². The van der Waals surface area contributed by atoms with E-state index in [1.165, 1.54) is 77.9 Å². The Morgan fingerprint density at radius 2 is 1.18 bits per heavy atom. The molecular formula is C46H57Cl2SiZr. The van der Waals surface area contributed by atoms with Crippen LogP contribution < -0.4 is 0 Å². The zero-order chi connectivity index (χ0) is 36.7. The molecule has 0 bridgehead atoms. The number of benzene rings is 4. The summed E-state index contributed by atoms with van der Waals surface area (Å²) in [6, 6.07) is 27.7. The normalized spacial score (nSPS) is 18.5. The van der Waals surface area contributed by atoms with Gasteiger partial charge in [0, 0.05) is 0 Å². The van der Waals surface area contributed by atoms with E-state index in [0.717, 1.165) is 0 Å². The molecule has 2 unspecified atom stereocenters. The molecule has 0 fully saturated rings. The van der Waals surface area contributed by atoms with Crippen LogP contribution in [0.2, 0.25) is 13.1 Å². The molecule has 0 saturated heterocycles. The second kappa shape index (κ2) is 12.9. The van der Waals surface area contributed by atoms with Gasteiger partial charge in [0.2, 0.25) is 0 Å². The molecule has 4 heteroatoms. The summed E-state index contributed by atoms with van der Waals surface area (Å²) in [5.41, 5.74) is 18.9. The van der Waals surface area contributed by atoms with E-state index in [0.29, 0.717) is 5.92 Å². The molecule has 0 saturated carbocycles. The number of hydrogen-bond donors (Lipinski definition) is 0. The van der Waals surface area contributed by atoms with Crippen LogP contribution in [-0.2, 0) is 26.4 Å². The third-order valence-electron chi connectivity index (χ3n) is 12.1. The Bertz CT molecular complexity index is 2030. The first-order valence-electron chi connectivity index (χ1n) is 18.6. The Labute approximate surface area is 312 Å². The number of fused-ring (bicyclic) bond motifs is 2. The average molecular weight is 800 g/mol. The molecule has 0 radical (unpaired) electrons. The van der Waals surface area contributed by atoms with E-state index in [2.05, 4.69) is 174 Å². The molecule has 0 amide bonds. The molecule has 0 aromatic heterocycles. The van der Waals surface area contributed by atoms with Gasteiger partial charge in [-0.25, -0.2) is 0 Å².